The summed E-state index contributed by atoms with van der Waals surface area (Å²) in [4.78, 5) is 0. The summed E-state index contributed by atoms with van der Waals surface area (Å²) in [6, 6.07) is 10.8. The van der Waals surface area contributed by atoms with Gasteiger partial charge in [-0.15, -0.1) is 0 Å². The average Bonchev–Trinajstić information content (AvgIpc) is 2.49. The number of methoxy groups -OCH3 is 1. The molecule has 2 rings (SSSR count). The van der Waals surface area contributed by atoms with E-state index in [0.717, 1.165) is 33.3 Å². The van der Waals surface area contributed by atoms with Gasteiger partial charge in [-0.2, -0.15) is 0 Å². The van der Waals surface area contributed by atoms with E-state index >= 15 is 0 Å². The molecular weight excluding hydrogens is 333 g/mol. The van der Waals surface area contributed by atoms with E-state index in [2.05, 4.69) is 27.3 Å². The molecule has 112 valence electrons. The first kappa shape index (κ1) is 16.0. The molecule has 0 fully saturated rings. The lowest BCUT2D eigenvalue weighted by atomic mass is 9.97. The third-order valence-corrected chi connectivity index (χ3v) is 4.44. The molecule has 1 atom stereocenters. The number of rotatable bonds is 5. The maximum atomic E-state index is 13.0. The molecule has 2 aromatic rings. The molecule has 21 heavy (non-hydrogen) atoms. The Kier molecular flexibility index (Phi) is 5.37. The number of hydrogen-bond donors (Lipinski definition) is 1. The van der Waals surface area contributed by atoms with Crippen molar-refractivity contribution in [3.63, 3.8) is 0 Å². The summed E-state index contributed by atoms with van der Waals surface area (Å²) in [6.07, 6.45) is 0.767. The Labute approximate surface area is 133 Å². The lowest BCUT2D eigenvalue weighted by Crippen LogP contribution is -2.19. The molecule has 0 aliphatic carbocycles. The lowest BCUT2D eigenvalue weighted by Gasteiger charge is -2.21. The van der Waals surface area contributed by atoms with Gasteiger partial charge in [-0.25, -0.2) is 4.39 Å². The molecular formula is C17H19BrFNO. The van der Waals surface area contributed by atoms with Crippen LogP contribution >= 0.6 is 15.9 Å². The van der Waals surface area contributed by atoms with E-state index in [9.17, 15) is 4.39 Å². The quantitative estimate of drug-likeness (QED) is 0.861. The van der Waals surface area contributed by atoms with Crippen LogP contribution in [0.3, 0.4) is 0 Å². The number of halogens is 2. The number of hydrogen-bond acceptors (Lipinski definition) is 2. The highest BCUT2D eigenvalue weighted by Crippen LogP contribution is 2.32. The molecule has 0 heterocycles. The van der Waals surface area contributed by atoms with E-state index in [4.69, 9.17) is 4.74 Å². The molecule has 0 aliphatic rings. The number of ether oxygens (including phenoxy) is 1. The molecule has 2 nitrogen and oxygen atoms in total. The molecule has 0 aromatic heterocycles. The van der Waals surface area contributed by atoms with E-state index in [0.29, 0.717) is 0 Å². The average molecular weight is 352 g/mol. The Morgan fingerprint density at radius 3 is 2.48 bits per heavy atom. The molecule has 0 saturated carbocycles. The SMILES string of the molecule is CNC(Cc1ccc(F)cc1)c1cc(Br)c(C)cc1OC. The van der Waals surface area contributed by atoms with Crippen molar-refractivity contribution < 1.29 is 9.13 Å². The molecule has 1 unspecified atom stereocenters. The second-order valence-electron chi connectivity index (χ2n) is 5.02. The molecule has 0 radical (unpaired) electrons. The van der Waals surface area contributed by atoms with Gasteiger partial charge >= 0.3 is 0 Å². The highest BCUT2D eigenvalue weighted by atomic mass is 79.9. The molecule has 2 aromatic carbocycles. The fourth-order valence-electron chi connectivity index (χ4n) is 2.34. The Morgan fingerprint density at radius 2 is 1.90 bits per heavy atom. The summed E-state index contributed by atoms with van der Waals surface area (Å²) in [6.45, 7) is 2.03. The first-order valence-corrected chi connectivity index (χ1v) is 7.60. The zero-order chi connectivity index (χ0) is 15.4. The molecule has 1 N–H and O–H groups in total. The van der Waals surface area contributed by atoms with Gasteiger partial charge in [0.05, 0.1) is 7.11 Å². The van der Waals surface area contributed by atoms with Gasteiger partial charge in [-0.1, -0.05) is 28.1 Å². The molecule has 0 amide bonds. The van der Waals surface area contributed by atoms with Gasteiger partial charge < -0.3 is 10.1 Å². The number of aryl methyl sites for hydroxylation is 1. The predicted octanol–water partition coefficient (Wildman–Crippen LogP) is 4.41. The second-order valence-corrected chi connectivity index (χ2v) is 5.87. The van der Waals surface area contributed by atoms with Crippen LogP contribution in [0, 0.1) is 12.7 Å². The highest BCUT2D eigenvalue weighted by Gasteiger charge is 2.17. The summed E-state index contributed by atoms with van der Waals surface area (Å²) >= 11 is 3.57. The monoisotopic (exact) mass is 351 g/mol. The minimum atomic E-state index is -0.213. The second kappa shape index (κ2) is 7.05. The van der Waals surface area contributed by atoms with Crippen LogP contribution in [0.25, 0.3) is 0 Å². The Hall–Kier alpha value is -1.39. The van der Waals surface area contributed by atoms with Crippen LogP contribution in [0.2, 0.25) is 0 Å². The third-order valence-electron chi connectivity index (χ3n) is 3.59. The lowest BCUT2D eigenvalue weighted by molar-refractivity contribution is 0.400. The van der Waals surface area contributed by atoms with Crippen LogP contribution in [0.5, 0.6) is 5.75 Å². The van der Waals surface area contributed by atoms with Crippen molar-refractivity contribution in [3.8, 4) is 5.75 Å². The standard InChI is InChI=1S/C17H19BrFNO/c1-11-8-17(21-3)14(10-15(11)18)16(20-2)9-12-4-6-13(19)7-5-12/h4-8,10,16,20H,9H2,1-3H3. The van der Waals surface area contributed by atoms with Crippen molar-refractivity contribution in [1.29, 1.82) is 0 Å². The molecule has 0 aliphatic heterocycles. The summed E-state index contributed by atoms with van der Waals surface area (Å²) in [5, 5.41) is 3.31. The van der Waals surface area contributed by atoms with E-state index in [1.54, 1.807) is 7.11 Å². The number of likely N-dealkylation sites (N-methyl/N-ethyl adjacent to an activating group) is 1. The van der Waals surface area contributed by atoms with Crippen molar-refractivity contribution in [2.45, 2.75) is 19.4 Å². The van der Waals surface area contributed by atoms with Crippen LogP contribution < -0.4 is 10.1 Å². The van der Waals surface area contributed by atoms with Crippen LogP contribution in [0.15, 0.2) is 40.9 Å². The topological polar surface area (TPSA) is 21.3 Å². The third kappa shape index (κ3) is 3.83. The summed E-state index contributed by atoms with van der Waals surface area (Å²) in [5.74, 6) is 0.646. The number of nitrogens with one attached hydrogen (secondary N) is 1. The van der Waals surface area contributed by atoms with Crippen LogP contribution in [0.4, 0.5) is 4.39 Å². The smallest absolute Gasteiger partial charge is 0.123 e. The summed E-state index contributed by atoms with van der Waals surface area (Å²) in [7, 11) is 3.60. The van der Waals surface area contributed by atoms with Crippen molar-refractivity contribution in [1.82, 2.24) is 5.32 Å². The van der Waals surface area contributed by atoms with E-state index in [1.165, 1.54) is 12.1 Å². The van der Waals surface area contributed by atoms with Crippen molar-refractivity contribution in [2.75, 3.05) is 14.2 Å². The summed E-state index contributed by atoms with van der Waals surface area (Å²) in [5.41, 5.74) is 3.29. The van der Waals surface area contributed by atoms with Crippen LogP contribution in [-0.4, -0.2) is 14.2 Å². The maximum absolute atomic E-state index is 13.0. The van der Waals surface area contributed by atoms with Gasteiger partial charge in [0.2, 0.25) is 0 Å². The Morgan fingerprint density at radius 1 is 1.24 bits per heavy atom. The van der Waals surface area contributed by atoms with E-state index in [1.807, 2.05) is 32.2 Å². The van der Waals surface area contributed by atoms with Crippen molar-refractivity contribution in [3.05, 3.63) is 63.4 Å². The molecule has 0 bridgehead atoms. The summed E-state index contributed by atoms with van der Waals surface area (Å²) < 4.78 is 19.6. The highest BCUT2D eigenvalue weighted by molar-refractivity contribution is 9.10. The fraction of sp³-hybridized carbons (Fsp3) is 0.294. The normalized spacial score (nSPS) is 12.2. The van der Waals surface area contributed by atoms with Gasteiger partial charge in [-0.05, 0) is 55.8 Å². The zero-order valence-corrected chi connectivity index (χ0v) is 14.0. The number of benzene rings is 2. The van der Waals surface area contributed by atoms with Gasteiger partial charge in [0, 0.05) is 16.1 Å². The van der Waals surface area contributed by atoms with Crippen LogP contribution in [0.1, 0.15) is 22.7 Å². The maximum Gasteiger partial charge on any atom is 0.123 e. The minimum absolute atomic E-state index is 0.0994. The van der Waals surface area contributed by atoms with Crippen LogP contribution in [-0.2, 0) is 6.42 Å². The van der Waals surface area contributed by atoms with Gasteiger partial charge in [0.25, 0.3) is 0 Å². The van der Waals surface area contributed by atoms with Gasteiger partial charge in [-0.3, -0.25) is 0 Å². The van der Waals surface area contributed by atoms with E-state index < -0.39 is 0 Å². The predicted molar refractivity (Wildman–Crippen MR) is 87.3 cm³/mol. The molecule has 0 spiro atoms. The van der Waals surface area contributed by atoms with E-state index in [-0.39, 0.29) is 11.9 Å². The molecule has 0 saturated heterocycles. The zero-order valence-electron chi connectivity index (χ0n) is 12.4. The fourth-order valence-corrected chi connectivity index (χ4v) is 2.70. The van der Waals surface area contributed by atoms with Crippen molar-refractivity contribution in [2.24, 2.45) is 0 Å². The molecule has 4 heteroatoms. The largest absolute Gasteiger partial charge is 0.496 e. The first-order chi connectivity index (χ1) is 10.0. The van der Waals surface area contributed by atoms with Crippen molar-refractivity contribution >= 4 is 15.9 Å². The van der Waals surface area contributed by atoms with Gasteiger partial charge in [0.1, 0.15) is 11.6 Å². The Bertz CT molecular complexity index is 613. The van der Waals surface area contributed by atoms with Gasteiger partial charge in [0.15, 0.2) is 0 Å². The first-order valence-electron chi connectivity index (χ1n) is 6.81. The Balaban J connectivity index is 2.32. The minimum Gasteiger partial charge on any atom is -0.496 e.